The highest BCUT2D eigenvalue weighted by Gasteiger charge is 2.26. The minimum atomic E-state index is -0.472. The first kappa shape index (κ1) is 17.7. The number of aromatic nitrogens is 2. The summed E-state index contributed by atoms with van der Waals surface area (Å²) >= 11 is 0. The molecule has 1 heterocycles. The molecule has 0 spiro atoms. The SMILES string of the molecule is CC(C)(C)OC(=O)NC1CCC(NC(CO)c2ncc[nH]2)CC1. The van der Waals surface area contributed by atoms with E-state index in [2.05, 4.69) is 20.6 Å². The van der Waals surface area contributed by atoms with Gasteiger partial charge in [0.15, 0.2) is 0 Å². The van der Waals surface area contributed by atoms with Crippen LogP contribution >= 0.6 is 0 Å². The van der Waals surface area contributed by atoms with E-state index in [0.29, 0.717) is 6.04 Å². The lowest BCUT2D eigenvalue weighted by Gasteiger charge is -2.32. The van der Waals surface area contributed by atoms with Crippen LogP contribution in [0.15, 0.2) is 12.4 Å². The Bertz CT molecular complexity index is 476. The van der Waals surface area contributed by atoms with Crippen molar-refractivity contribution in [3.63, 3.8) is 0 Å². The Labute approximate surface area is 137 Å². The van der Waals surface area contributed by atoms with E-state index >= 15 is 0 Å². The number of carbonyl (C=O) groups is 1. The Morgan fingerprint density at radius 2 is 2.04 bits per heavy atom. The van der Waals surface area contributed by atoms with Gasteiger partial charge in [-0.1, -0.05) is 0 Å². The lowest BCUT2D eigenvalue weighted by molar-refractivity contribution is 0.0488. The largest absolute Gasteiger partial charge is 0.444 e. The summed E-state index contributed by atoms with van der Waals surface area (Å²) in [4.78, 5) is 19.0. The summed E-state index contributed by atoms with van der Waals surface area (Å²) in [6.07, 6.45) is 6.76. The molecule has 1 aliphatic carbocycles. The van der Waals surface area contributed by atoms with Crippen LogP contribution in [0.5, 0.6) is 0 Å². The van der Waals surface area contributed by atoms with Crippen LogP contribution < -0.4 is 10.6 Å². The number of nitrogens with zero attached hydrogens (tertiary/aromatic N) is 1. The monoisotopic (exact) mass is 324 g/mol. The highest BCUT2D eigenvalue weighted by atomic mass is 16.6. The first-order chi connectivity index (χ1) is 10.9. The third-order valence-corrected chi connectivity index (χ3v) is 3.92. The third kappa shape index (κ3) is 5.84. The highest BCUT2D eigenvalue weighted by Crippen LogP contribution is 2.21. The van der Waals surface area contributed by atoms with Gasteiger partial charge >= 0.3 is 6.09 Å². The molecule has 0 bridgehead atoms. The molecule has 0 saturated heterocycles. The number of aliphatic hydroxyl groups excluding tert-OH is 1. The Kier molecular flexibility index (Phi) is 6.01. The number of imidazole rings is 1. The predicted octanol–water partition coefficient (Wildman–Crippen LogP) is 1.87. The van der Waals surface area contributed by atoms with Crippen LogP contribution in [0.2, 0.25) is 0 Å². The van der Waals surface area contributed by atoms with E-state index in [4.69, 9.17) is 4.74 Å². The van der Waals surface area contributed by atoms with Gasteiger partial charge < -0.3 is 25.5 Å². The molecule has 0 aromatic carbocycles. The highest BCUT2D eigenvalue weighted by molar-refractivity contribution is 5.68. The molecule has 1 unspecified atom stereocenters. The maximum atomic E-state index is 11.8. The Hall–Kier alpha value is -1.60. The number of hydrogen-bond acceptors (Lipinski definition) is 5. The van der Waals surface area contributed by atoms with Gasteiger partial charge in [-0.15, -0.1) is 0 Å². The van der Waals surface area contributed by atoms with E-state index in [1.165, 1.54) is 0 Å². The van der Waals surface area contributed by atoms with E-state index in [-0.39, 0.29) is 24.8 Å². The quantitative estimate of drug-likeness (QED) is 0.663. The normalized spacial score (nSPS) is 23.3. The van der Waals surface area contributed by atoms with Gasteiger partial charge in [0.05, 0.1) is 12.6 Å². The zero-order chi connectivity index (χ0) is 16.9. The number of aliphatic hydroxyl groups is 1. The number of amides is 1. The molecular weight excluding hydrogens is 296 g/mol. The Balaban J connectivity index is 1.74. The zero-order valence-corrected chi connectivity index (χ0v) is 14.1. The topological polar surface area (TPSA) is 99.3 Å². The van der Waals surface area contributed by atoms with Crippen LogP contribution in [0.25, 0.3) is 0 Å². The molecule has 130 valence electrons. The zero-order valence-electron chi connectivity index (χ0n) is 14.1. The van der Waals surface area contributed by atoms with Crippen LogP contribution in [0.3, 0.4) is 0 Å². The van der Waals surface area contributed by atoms with E-state index in [1.54, 1.807) is 12.4 Å². The van der Waals surface area contributed by atoms with Crippen LogP contribution in [0, 0.1) is 0 Å². The predicted molar refractivity (Wildman–Crippen MR) is 87.0 cm³/mol. The minimum Gasteiger partial charge on any atom is -0.444 e. The van der Waals surface area contributed by atoms with Crippen molar-refractivity contribution in [1.82, 2.24) is 20.6 Å². The van der Waals surface area contributed by atoms with Gasteiger partial charge in [-0.3, -0.25) is 0 Å². The van der Waals surface area contributed by atoms with Gasteiger partial charge in [0.1, 0.15) is 11.4 Å². The third-order valence-electron chi connectivity index (χ3n) is 3.92. The van der Waals surface area contributed by atoms with Crippen molar-refractivity contribution in [1.29, 1.82) is 0 Å². The van der Waals surface area contributed by atoms with Gasteiger partial charge in [0.25, 0.3) is 0 Å². The lowest BCUT2D eigenvalue weighted by atomic mass is 9.90. The van der Waals surface area contributed by atoms with Crippen molar-refractivity contribution in [2.24, 2.45) is 0 Å². The lowest BCUT2D eigenvalue weighted by Crippen LogP contribution is -2.45. The van der Waals surface area contributed by atoms with Crippen molar-refractivity contribution in [3.05, 3.63) is 18.2 Å². The number of carbonyl (C=O) groups excluding carboxylic acids is 1. The Morgan fingerprint density at radius 1 is 1.39 bits per heavy atom. The average Bonchev–Trinajstić information content (AvgIpc) is 2.98. The number of aromatic amines is 1. The first-order valence-electron chi connectivity index (χ1n) is 8.23. The molecule has 4 N–H and O–H groups in total. The van der Waals surface area contributed by atoms with Crippen molar-refractivity contribution in [3.8, 4) is 0 Å². The van der Waals surface area contributed by atoms with Crippen molar-refractivity contribution < 1.29 is 14.6 Å². The fourth-order valence-corrected chi connectivity index (χ4v) is 2.85. The van der Waals surface area contributed by atoms with Crippen molar-refractivity contribution >= 4 is 6.09 Å². The van der Waals surface area contributed by atoms with Crippen LogP contribution in [-0.4, -0.2) is 45.5 Å². The molecule has 0 aliphatic heterocycles. The second-order valence-corrected chi connectivity index (χ2v) is 7.07. The van der Waals surface area contributed by atoms with Crippen LogP contribution in [0.4, 0.5) is 4.79 Å². The maximum absolute atomic E-state index is 11.8. The summed E-state index contributed by atoms with van der Waals surface area (Å²) in [7, 11) is 0. The van der Waals surface area contributed by atoms with Gasteiger partial charge in [0.2, 0.25) is 0 Å². The minimum absolute atomic E-state index is 0.00357. The van der Waals surface area contributed by atoms with Crippen molar-refractivity contribution in [2.75, 3.05) is 6.61 Å². The van der Waals surface area contributed by atoms with Crippen LogP contribution in [-0.2, 0) is 4.74 Å². The molecule has 23 heavy (non-hydrogen) atoms. The van der Waals surface area contributed by atoms with Crippen LogP contribution in [0.1, 0.15) is 58.3 Å². The molecule has 1 aromatic heterocycles. The van der Waals surface area contributed by atoms with E-state index < -0.39 is 5.60 Å². The molecule has 0 radical (unpaired) electrons. The van der Waals surface area contributed by atoms with Crippen molar-refractivity contribution in [2.45, 2.75) is 70.2 Å². The first-order valence-corrected chi connectivity index (χ1v) is 8.23. The molecule has 1 saturated carbocycles. The molecule has 1 aromatic rings. The number of alkyl carbamates (subject to hydrolysis) is 1. The number of nitrogens with one attached hydrogen (secondary N) is 3. The number of ether oxygens (including phenoxy) is 1. The van der Waals surface area contributed by atoms with Gasteiger partial charge in [-0.25, -0.2) is 9.78 Å². The standard InChI is InChI=1S/C16H28N4O3/c1-16(2,3)23-15(22)20-12-6-4-11(5-7-12)19-13(10-21)14-17-8-9-18-14/h8-9,11-13,19,21H,4-7,10H2,1-3H3,(H,17,18)(H,20,22). The summed E-state index contributed by atoms with van der Waals surface area (Å²) in [6, 6.07) is 0.290. The fraction of sp³-hybridized carbons (Fsp3) is 0.750. The Morgan fingerprint density at radius 3 is 2.57 bits per heavy atom. The molecule has 1 fully saturated rings. The summed E-state index contributed by atoms with van der Waals surface area (Å²) in [5, 5.41) is 15.9. The van der Waals surface area contributed by atoms with E-state index in [0.717, 1.165) is 31.5 Å². The van der Waals surface area contributed by atoms with E-state index in [9.17, 15) is 9.90 Å². The van der Waals surface area contributed by atoms with Gasteiger partial charge in [-0.05, 0) is 46.5 Å². The summed E-state index contributed by atoms with van der Waals surface area (Å²) in [6.45, 7) is 5.58. The van der Waals surface area contributed by atoms with Gasteiger partial charge in [-0.2, -0.15) is 0 Å². The summed E-state index contributed by atoms with van der Waals surface area (Å²) in [5.41, 5.74) is -0.472. The van der Waals surface area contributed by atoms with Gasteiger partial charge in [0, 0.05) is 24.5 Å². The number of H-pyrrole nitrogens is 1. The smallest absolute Gasteiger partial charge is 0.407 e. The second-order valence-electron chi connectivity index (χ2n) is 7.07. The molecule has 1 aliphatic rings. The molecule has 1 amide bonds. The average molecular weight is 324 g/mol. The molecule has 1 atom stereocenters. The number of hydrogen-bond donors (Lipinski definition) is 4. The molecule has 7 heteroatoms. The fourth-order valence-electron chi connectivity index (χ4n) is 2.85. The second kappa shape index (κ2) is 7.79. The maximum Gasteiger partial charge on any atom is 0.407 e. The van der Waals surface area contributed by atoms with E-state index in [1.807, 2.05) is 20.8 Å². The summed E-state index contributed by atoms with van der Waals surface area (Å²) < 4.78 is 5.29. The summed E-state index contributed by atoms with van der Waals surface area (Å²) in [5.74, 6) is 0.751. The molecular formula is C16H28N4O3. The molecule has 2 rings (SSSR count). The number of rotatable bonds is 5. The molecule has 7 nitrogen and oxygen atoms in total.